The maximum absolute atomic E-state index is 12.2. The summed E-state index contributed by atoms with van der Waals surface area (Å²) in [4.78, 5) is 12.2. The molecule has 0 bridgehead atoms. The van der Waals surface area contributed by atoms with Gasteiger partial charge >= 0.3 is 5.97 Å². The van der Waals surface area contributed by atoms with Gasteiger partial charge in [0.15, 0.2) is 6.29 Å². The van der Waals surface area contributed by atoms with Crippen molar-refractivity contribution in [2.24, 2.45) is 5.73 Å². The van der Waals surface area contributed by atoms with Crippen molar-refractivity contribution in [3.63, 3.8) is 0 Å². The predicted molar refractivity (Wildman–Crippen MR) is 92.2 cm³/mol. The summed E-state index contributed by atoms with van der Waals surface area (Å²) in [5.74, 6) is -0.00658. The fourth-order valence-electron chi connectivity index (χ4n) is 3.07. The average molecular weight is 336 g/mol. The van der Waals surface area contributed by atoms with E-state index in [1.807, 2.05) is 37.6 Å². The lowest BCUT2D eigenvalue weighted by molar-refractivity contribution is -0.155. The lowest BCUT2D eigenvalue weighted by Gasteiger charge is -2.21. The Morgan fingerprint density at radius 3 is 2.71 bits per heavy atom. The van der Waals surface area contributed by atoms with Gasteiger partial charge in [-0.2, -0.15) is 0 Å². The first-order chi connectivity index (χ1) is 11.1. The van der Waals surface area contributed by atoms with E-state index in [9.17, 15) is 15.0 Å². The molecule has 1 heterocycles. The van der Waals surface area contributed by atoms with Gasteiger partial charge in [0.2, 0.25) is 0 Å². The van der Waals surface area contributed by atoms with Crippen molar-refractivity contribution < 1.29 is 19.7 Å². The number of nitrogens with two attached hydrogens (primary N) is 1. The van der Waals surface area contributed by atoms with Gasteiger partial charge in [0.1, 0.15) is 12.1 Å². The number of fused-ring (bicyclic) bond motifs is 1. The Morgan fingerprint density at radius 2 is 2.12 bits per heavy atom. The molecule has 1 aliphatic carbocycles. The van der Waals surface area contributed by atoms with E-state index in [1.165, 1.54) is 0 Å². The first-order valence-corrected chi connectivity index (χ1v) is 8.30. The summed E-state index contributed by atoms with van der Waals surface area (Å²) >= 11 is 0. The van der Waals surface area contributed by atoms with Crippen LogP contribution in [0.3, 0.4) is 0 Å². The molecule has 0 radical (unpaired) electrons. The van der Waals surface area contributed by atoms with Crippen LogP contribution in [0.4, 0.5) is 0 Å². The molecule has 1 aromatic rings. The molecule has 6 heteroatoms. The van der Waals surface area contributed by atoms with E-state index in [0.717, 1.165) is 23.2 Å². The number of carbonyl (C=O) groups excluding carboxylic acids is 1. The largest absolute Gasteiger partial charge is 0.459 e. The zero-order valence-electron chi connectivity index (χ0n) is 14.8. The van der Waals surface area contributed by atoms with Crippen LogP contribution in [0.2, 0.25) is 0 Å². The molecule has 0 aliphatic heterocycles. The van der Waals surface area contributed by atoms with Gasteiger partial charge in [-0.15, -0.1) is 0 Å². The van der Waals surface area contributed by atoms with Crippen molar-refractivity contribution >= 4 is 12.0 Å². The highest BCUT2D eigenvalue weighted by Gasteiger charge is 2.25. The highest BCUT2D eigenvalue weighted by Crippen LogP contribution is 2.34. The van der Waals surface area contributed by atoms with Crippen LogP contribution >= 0.6 is 0 Å². The molecule has 134 valence electrons. The number of hydrogen-bond donors (Lipinski definition) is 3. The number of allylic oxidation sites excluding steroid dienone is 1. The quantitative estimate of drug-likeness (QED) is 0.559. The molecule has 2 rings (SSSR count). The fraction of sp³-hybridized carbons (Fsp3) is 0.611. The predicted octanol–water partition coefficient (Wildman–Crippen LogP) is 1.53. The molecular weight excluding hydrogens is 308 g/mol. The third-order valence-electron chi connectivity index (χ3n) is 4.06. The fourth-order valence-corrected chi connectivity index (χ4v) is 3.07. The minimum atomic E-state index is -1.57. The minimum absolute atomic E-state index is 0.119. The van der Waals surface area contributed by atoms with Crippen molar-refractivity contribution in [3.8, 4) is 0 Å². The SMILES string of the molecule is CC1CC=Cc2c1c(C[C@H](N)C(O)O)cn2CC(=O)OC(C)(C)C. The van der Waals surface area contributed by atoms with Crippen molar-refractivity contribution in [1.82, 2.24) is 4.57 Å². The van der Waals surface area contributed by atoms with E-state index in [1.54, 1.807) is 0 Å². The van der Waals surface area contributed by atoms with Crippen LogP contribution in [0.1, 0.15) is 56.9 Å². The van der Waals surface area contributed by atoms with Gasteiger partial charge in [-0.05, 0) is 56.7 Å². The molecule has 4 N–H and O–H groups in total. The summed E-state index contributed by atoms with van der Waals surface area (Å²) in [7, 11) is 0. The second kappa shape index (κ2) is 7.09. The third kappa shape index (κ3) is 4.47. The van der Waals surface area contributed by atoms with Gasteiger partial charge in [0, 0.05) is 11.9 Å². The monoisotopic (exact) mass is 336 g/mol. The second-order valence-electron chi connectivity index (χ2n) is 7.49. The molecule has 0 spiro atoms. The molecule has 1 aromatic heterocycles. The Bertz CT molecular complexity index is 626. The normalized spacial score (nSPS) is 18.6. The Hall–Kier alpha value is -1.63. The van der Waals surface area contributed by atoms with E-state index in [4.69, 9.17) is 10.5 Å². The summed E-state index contributed by atoms with van der Waals surface area (Å²) in [6, 6.07) is -0.760. The van der Waals surface area contributed by atoms with E-state index < -0.39 is 17.9 Å². The number of carbonyl (C=O) groups is 1. The van der Waals surface area contributed by atoms with Gasteiger partial charge in [0.25, 0.3) is 0 Å². The first kappa shape index (κ1) is 18.7. The Balaban J connectivity index is 2.29. The molecule has 0 saturated carbocycles. The molecule has 24 heavy (non-hydrogen) atoms. The van der Waals surface area contributed by atoms with Crippen molar-refractivity contribution in [1.29, 1.82) is 0 Å². The van der Waals surface area contributed by atoms with Gasteiger partial charge in [-0.3, -0.25) is 4.79 Å². The van der Waals surface area contributed by atoms with E-state index in [-0.39, 0.29) is 12.5 Å². The minimum Gasteiger partial charge on any atom is -0.459 e. The zero-order chi connectivity index (χ0) is 18.1. The van der Waals surface area contributed by atoms with Gasteiger partial charge < -0.3 is 25.3 Å². The van der Waals surface area contributed by atoms with Gasteiger partial charge in [-0.25, -0.2) is 0 Å². The van der Waals surface area contributed by atoms with Crippen LogP contribution in [-0.4, -0.2) is 38.7 Å². The van der Waals surface area contributed by atoms with Crippen molar-refractivity contribution in [2.45, 2.75) is 70.9 Å². The molecule has 2 atom stereocenters. The highest BCUT2D eigenvalue weighted by molar-refractivity contribution is 5.71. The number of ether oxygens (including phenoxy) is 1. The lowest BCUT2D eigenvalue weighted by Crippen LogP contribution is -2.36. The van der Waals surface area contributed by atoms with Crippen molar-refractivity contribution in [3.05, 3.63) is 29.1 Å². The van der Waals surface area contributed by atoms with Gasteiger partial charge in [0.05, 0.1) is 6.04 Å². The van der Waals surface area contributed by atoms with Crippen LogP contribution in [0.5, 0.6) is 0 Å². The smallest absolute Gasteiger partial charge is 0.326 e. The molecule has 0 saturated heterocycles. The standard InChI is InChI=1S/C18H28N2O4/c1-11-6-5-7-14-16(11)12(8-13(19)17(22)23)9-20(14)10-15(21)24-18(2,3)4/h5,7,9,11,13,17,22-23H,6,8,10,19H2,1-4H3/t11?,13-/m0/s1. The maximum atomic E-state index is 12.2. The Kier molecular flexibility index (Phi) is 5.52. The molecule has 0 fully saturated rings. The average Bonchev–Trinajstić information content (AvgIpc) is 2.75. The number of hydrogen-bond acceptors (Lipinski definition) is 5. The molecule has 1 unspecified atom stereocenters. The van der Waals surface area contributed by atoms with E-state index >= 15 is 0 Å². The number of aliphatic hydroxyl groups is 2. The maximum Gasteiger partial charge on any atom is 0.326 e. The molecule has 0 amide bonds. The number of aliphatic hydroxyl groups excluding tert-OH is 1. The second-order valence-corrected chi connectivity index (χ2v) is 7.49. The molecular formula is C18H28N2O4. The Labute approximate surface area is 142 Å². The molecule has 6 nitrogen and oxygen atoms in total. The lowest BCUT2D eigenvalue weighted by atomic mass is 9.88. The Morgan fingerprint density at radius 1 is 1.46 bits per heavy atom. The van der Waals surface area contributed by atoms with E-state index in [0.29, 0.717) is 12.3 Å². The topological polar surface area (TPSA) is 97.7 Å². The number of nitrogens with zero attached hydrogens (tertiary/aromatic N) is 1. The summed E-state index contributed by atoms with van der Waals surface area (Å²) in [6.07, 6.45) is 5.66. The molecule has 0 aromatic carbocycles. The number of aromatic nitrogens is 1. The third-order valence-corrected chi connectivity index (χ3v) is 4.06. The highest BCUT2D eigenvalue weighted by atomic mass is 16.6. The van der Waals surface area contributed by atoms with Crippen LogP contribution in [0.25, 0.3) is 6.08 Å². The summed E-state index contributed by atoms with van der Waals surface area (Å²) in [5, 5.41) is 18.5. The van der Waals surface area contributed by atoms with Gasteiger partial charge in [-0.1, -0.05) is 13.0 Å². The van der Waals surface area contributed by atoms with Crippen LogP contribution < -0.4 is 5.73 Å². The van der Waals surface area contributed by atoms with Crippen LogP contribution in [0, 0.1) is 0 Å². The zero-order valence-corrected chi connectivity index (χ0v) is 14.8. The summed E-state index contributed by atoms with van der Waals surface area (Å²) in [6.45, 7) is 7.75. The number of rotatable bonds is 5. The summed E-state index contributed by atoms with van der Waals surface area (Å²) < 4.78 is 7.26. The van der Waals surface area contributed by atoms with Crippen LogP contribution in [-0.2, 0) is 22.5 Å². The van der Waals surface area contributed by atoms with Crippen molar-refractivity contribution in [2.75, 3.05) is 0 Å². The van der Waals surface area contributed by atoms with Crippen LogP contribution in [0.15, 0.2) is 12.3 Å². The number of esters is 1. The molecule has 1 aliphatic rings. The first-order valence-electron chi connectivity index (χ1n) is 8.30. The van der Waals surface area contributed by atoms with E-state index in [2.05, 4.69) is 13.0 Å². The summed E-state index contributed by atoms with van der Waals surface area (Å²) in [5.41, 5.74) is 8.31.